The van der Waals surface area contributed by atoms with Crippen LogP contribution < -0.4 is 11.5 Å². The van der Waals surface area contributed by atoms with Crippen LogP contribution in [0.5, 0.6) is 0 Å². The van der Waals surface area contributed by atoms with Gasteiger partial charge in [0.1, 0.15) is 0 Å². The van der Waals surface area contributed by atoms with E-state index in [1.165, 1.54) is 0 Å². The van der Waals surface area contributed by atoms with Gasteiger partial charge in [-0.25, -0.2) is 0 Å². The molecule has 7 heavy (non-hydrogen) atoms. The molecule has 0 amide bonds. The van der Waals surface area contributed by atoms with Gasteiger partial charge in [-0.05, 0) is 0 Å². The van der Waals surface area contributed by atoms with Crippen LogP contribution in [-0.2, 0) is 20.4 Å². The molecule has 6 N–H and O–H groups in total. The van der Waals surface area contributed by atoms with Crippen LogP contribution in [0.4, 0.5) is 0 Å². The van der Waals surface area contributed by atoms with Gasteiger partial charge in [0, 0.05) is 13.1 Å². The zero-order valence-corrected chi connectivity index (χ0v) is 5.33. The Bertz CT molecular complexity index is 15.7. The standard InChI is InChI=1S/C2H8N2.2H2O.Pd/c3-1-2-4;;;/h1-4H2;2*1H2;/q;;;+2/p-2. The summed E-state index contributed by atoms with van der Waals surface area (Å²) in [5.74, 6) is 0. The van der Waals surface area contributed by atoms with E-state index in [0.29, 0.717) is 13.1 Å². The first-order chi connectivity index (χ1) is 1.91. The first-order valence-corrected chi connectivity index (χ1v) is 1.32. The summed E-state index contributed by atoms with van der Waals surface area (Å²) in [5, 5.41) is 0. The van der Waals surface area contributed by atoms with Crippen molar-refractivity contribution in [3.8, 4) is 0 Å². The van der Waals surface area contributed by atoms with Gasteiger partial charge in [-0.15, -0.1) is 0 Å². The second-order valence-corrected chi connectivity index (χ2v) is 0.577. The van der Waals surface area contributed by atoms with Gasteiger partial charge < -0.3 is 22.4 Å². The molecule has 0 heterocycles. The minimum atomic E-state index is 0. The molecule has 0 aliphatic rings. The van der Waals surface area contributed by atoms with E-state index in [1.807, 2.05) is 0 Å². The van der Waals surface area contributed by atoms with E-state index >= 15 is 0 Å². The molecule has 4 nitrogen and oxygen atoms in total. The molecule has 0 aromatic carbocycles. The van der Waals surface area contributed by atoms with Crippen LogP contribution in [0.1, 0.15) is 0 Å². The third-order valence-corrected chi connectivity index (χ3v) is 0.167. The second-order valence-electron chi connectivity index (χ2n) is 0.577. The minimum absolute atomic E-state index is 0. The van der Waals surface area contributed by atoms with E-state index in [0.717, 1.165) is 0 Å². The average molecular weight is 201 g/mol. The summed E-state index contributed by atoms with van der Waals surface area (Å²) in [4.78, 5) is 0. The van der Waals surface area contributed by atoms with Crippen molar-refractivity contribution in [2.75, 3.05) is 13.1 Å². The summed E-state index contributed by atoms with van der Waals surface area (Å²) in [6, 6.07) is 0. The van der Waals surface area contributed by atoms with Gasteiger partial charge in [-0.1, -0.05) is 0 Å². The van der Waals surface area contributed by atoms with Crippen LogP contribution in [0.2, 0.25) is 0 Å². The van der Waals surface area contributed by atoms with Gasteiger partial charge in [0.2, 0.25) is 0 Å². The summed E-state index contributed by atoms with van der Waals surface area (Å²) in [5.41, 5.74) is 9.81. The van der Waals surface area contributed by atoms with E-state index in [-0.39, 0.29) is 31.4 Å². The quantitative estimate of drug-likeness (QED) is 0.504. The molecule has 0 aromatic rings. The number of hydrogen-bond acceptors (Lipinski definition) is 4. The first kappa shape index (κ1) is 25.9. The molecule has 0 unspecified atom stereocenters. The molecule has 0 aliphatic carbocycles. The number of nitrogens with two attached hydrogens (primary N) is 2. The zero-order chi connectivity index (χ0) is 3.41. The summed E-state index contributed by atoms with van der Waals surface area (Å²) in [6.07, 6.45) is 0. The molecule has 0 fully saturated rings. The first-order valence-electron chi connectivity index (χ1n) is 1.32. The van der Waals surface area contributed by atoms with Crippen LogP contribution in [-0.4, -0.2) is 24.0 Å². The van der Waals surface area contributed by atoms with Crippen LogP contribution in [0, 0.1) is 0 Å². The normalized spacial score (nSPS) is 4.29. The fourth-order valence-electron chi connectivity index (χ4n) is 0. The third kappa shape index (κ3) is 58.4. The fraction of sp³-hybridized carbons (Fsp3) is 1.00. The Morgan fingerprint density at radius 3 is 1.00 bits per heavy atom. The van der Waals surface area contributed by atoms with Gasteiger partial charge in [0.25, 0.3) is 0 Å². The molecule has 0 bridgehead atoms. The van der Waals surface area contributed by atoms with Gasteiger partial charge in [-0.2, -0.15) is 0 Å². The molecule has 0 rings (SSSR count). The number of rotatable bonds is 1. The SMILES string of the molecule is NCCN.[OH-].[OH-].[Pd+2]. The largest absolute Gasteiger partial charge is 2.00 e. The van der Waals surface area contributed by atoms with Crippen LogP contribution >= 0.6 is 0 Å². The average Bonchev–Trinajstić information content (AvgIpc) is 1.37. The Labute approximate surface area is 56.5 Å². The Kier molecular flexibility index (Phi) is 116. The molecule has 0 saturated heterocycles. The molecule has 0 atom stereocenters. The van der Waals surface area contributed by atoms with Crippen LogP contribution in [0.3, 0.4) is 0 Å². The van der Waals surface area contributed by atoms with Crippen LogP contribution in [0.15, 0.2) is 0 Å². The molecule has 0 saturated carbocycles. The Hall–Kier alpha value is 0.502. The molecule has 0 aromatic heterocycles. The summed E-state index contributed by atoms with van der Waals surface area (Å²) >= 11 is 0. The zero-order valence-electron chi connectivity index (χ0n) is 3.78. The van der Waals surface area contributed by atoms with Crippen molar-refractivity contribution in [1.82, 2.24) is 0 Å². The predicted octanol–water partition coefficient (Wildman–Crippen LogP) is -1.45. The van der Waals surface area contributed by atoms with Crippen molar-refractivity contribution < 1.29 is 31.4 Å². The van der Waals surface area contributed by atoms with Gasteiger partial charge in [-0.3, -0.25) is 0 Å². The molecule has 0 aliphatic heterocycles. The maximum atomic E-state index is 4.90. The van der Waals surface area contributed by atoms with Gasteiger partial charge in [0.05, 0.1) is 0 Å². The van der Waals surface area contributed by atoms with Crippen molar-refractivity contribution in [2.24, 2.45) is 11.5 Å². The van der Waals surface area contributed by atoms with Crippen molar-refractivity contribution in [2.45, 2.75) is 0 Å². The predicted molar refractivity (Wildman–Crippen MR) is 22.0 cm³/mol. The van der Waals surface area contributed by atoms with Gasteiger partial charge in [0.15, 0.2) is 0 Å². The minimum Gasteiger partial charge on any atom is -0.870 e. The maximum absolute atomic E-state index is 4.90. The molecule has 5 heteroatoms. The molecule has 0 radical (unpaired) electrons. The van der Waals surface area contributed by atoms with Crippen molar-refractivity contribution >= 4 is 0 Å². The molecule has 50 valence electrons. The Morgan fingerprint density at radius 1 is 0.857 bits per heavy atom. The van der Waals surface area contributed by atoms with Gasteiger partial charge >= 0.3 is 20.4 Å². The Morgan fingerprint density at radius 2 is 1.00 bits per heavy atom. The van der Waals surface area contributed by atoms with Crippen molar-refractivity contribution in [3.63, 3.8) is 0 Å². The summed E-state index contributed by atoms with van der Waals surface area (Å²) in [6.45, 7) is 1.19. The molecular formula is C2H10N2O2Pd. The second kappa shape index (κ2) is 31.4. The Balaban J connectivity index is -0.0000000150. The summed E-state index contributed by atoms with van der Waals surface area (Å²) < 4.78 is 0. The maximum Gasteiger partial charge on any atom is 2.00 e. The number of hydrogen-bond donors (Lipinski definition) is 2. The monoisotopic (exact) mass is 200 g/mol. The van der Waals surface area contributed by atoms with E-state index in [9.17, 15) is 0 Å². The molecule has 0 spiro atoms. The van der Waals surface area contributed by atoms with Crippen molar-refractivity contribution in [3.05, 3.63) is 0 Å². The van der Waals surface area contributed by atoms with Crippen molar-refractivity contribution in [1.29, 1.82) is 0 Å². The smallest absolute Gasteiger partial charge is 0.870 e. The molecular weight excluding hydrogens is 190 g/mol. The van der Waals surface area contributed by atoms with E-state index in [2.05, 4.69) is 0 Å². The van der Waals surface area contributed by atoms with E-state index in [4.69, 9.17) is 11.5 Å². The summed E-state index contributed by atoms with van der Waals surface area (Å²) in [7, 11) is 0. The fourth-order valence-corrected chi connectivity index (χ4v) is 0. The van der Waals surface area contributed by atoms with Crippen LogP contribution in [0.25, 0.3) is 0 Å². The van der Waals surface area contributed by atoms with E-state index < -0.39 is 0 Å². The van der Waals surface area contributed by atoms with E-state index in [1.54, 1.807) is 0 Å². The third-order valence-electron chi connectivity index (χ3n) is 0.167. The topological polar surface area (TPSA) is 112 Å².